The van der Waals surface area contributed by atoms with Crippen LogP contribution in [0.25, 0.3) is 0 Å². The summed E-state index contributed by atoms with van der Waals surface area (Å²) in [5.74, 6) is 0. The molecule has 1 aromatic heterocycles. The van der Waals surface area contributed by atoms with Gasteiger partial charge >= 0.3 is 0 Å². The Bertz CT molecular complexity index is 1500. The number of hydrogen-bond donors (Lipinski definition) is 1. The minimum atomic E-state index is -3.83. The van der Waals surface area contributed by atoms with Crippen molar-refractivity contribution >= 4 is 21.4 Å². The third-order valence-electron chi connectivity index (χ3n) is 7.00. The molecule has 0 atom stereocenters. The van der Waals surface area contributed by atoms with E-state index in [2.05, 4.69) is 21.3 Å². The van der Waals surface area contributed by atoms with E-state index in [9.17, 15) is 8.42 Å². The molecule has 0 amide bonds. The Morgan fingerprint density at radius 1 is 0.949 bits per heavy atom. The van der Waals surface area contributed by atoms with Crippen LogP contribution in [0.3, 0.4) is 0 Å². The topological polar surface area (TPSA) is 94.3 Å². The number of aryl methyl sites for hydroxylation is 2. The molecule has 1 N–H and O–H groups in total. The summed E-state index contributed by atoms with van der Waals surface area (Å²) in [5, 5.41) is 12.5. The van der Waals surface area contributed by atoms with Crippen LogP contribution in [-0.2, 0) is 29.5 Å². The molecule has 8 nitrogen and oxygen atoms in total. The van der Waals surface area contributed by atoms with Crippen molar-refractivity contribution in [1.29, 1.82) is 5.26 Å². The van der Waals surface area contributed by atoms with E-state index in [1.54, 1.807) is 36.8 Å². The normalized spacial score (nSPS) is 14.0. The predicted octanol–water partition coefficient (Wildman–Crippen LogP) is 4.19. The monoisotopic (exact) mass is 540 g/mol. The van der Waals surface area contributed by atoms with Gasteiger partial charge in [-0.05, 0) is 73.5 Å². The molecular formula is C30H32N6O2S. The van der Waals surface area contributed by atoms with E-state index >= 15 is 0 Å². The number of imidazole rings is 1. The highest BCUT2D eigenvalue weighted by atomic mass is 32.2. The Morgan fingerprint density at radius 3 is 2.46 bits per heavy atom. The molecule has 1 aliphatic heterocycles. The quantitative estimate of drug-likeness (QED) is 0.342. The zero-order chi connectivity index (χ0) is 27.1. The minimum Gasteiger partial charge on any atom is -0.370 e. The first-order valence-electron chi connectivity index (χ1n) is 13.2. The maximum Gasteiger partial charge on any atom is 0.264 e. The second-order valence-electron chi connectivity index (χ2n) is 9.57. The fraction of sp³-hybridized carbons (Fsp3) is 0.267. The maximum atomic E-state index is 13.9. The third kappa shape index (κ3) is 6.30. The van der Waals surface area contributed by atoms with Crippen LogP contribution in [0.1, 0.15) is 23.2 Å². The molecule has 0 bridgehead atoms. The molecule has 0 spiro atoms. The first kappa shape index (κ1) is 26.5. The van der Waals surface area contributed by atoms with E-state index in [1.807, 2.05) is 59.2 Å². The molecule has 0 aliphatic carbocycles. The van der Waals surface area contributed by atoms with Gasteiger partial charge in [-0.2, -0.15) is 5.26 Å². The van der Waals surface area contributed by atoms with Crippen molar-refractivity contribution in [2.75, 3.05) is 35.4 Å². The summed E-state index contributed by atoms with van der Waals surface area (Å²) < 4.78 is 31.2. The highest BCUT2D eigenvalue weighted by Gasteiger charge is 2.26. The van der Waals surface area contributed by atoms with Crippen LogP contribution in [0.15, 0.2) is 96.3 Å². The lowest BCUT2D eigenvalue weighted by Crippen LogP contribution is -2.32. The molecule has 0 unspecified atom stereocenters. The van der Waals surface area contributed by atoms with Gasteiger partial charge < -0.3 is 14.8 Å². The highest BCUT2D eigenvalue weighted by Crippen LogP contribution is 2.28. The van der Waals surface area contributed by atoms with Gasteiger partial charge in [-0.15, -0.1) is 0 Å². The fourth-order valence-corrected chi connectivity index (χ4v) is 6.25. The summed E-state index contributed by atoms with van der Waals surface area (Å²) in [6.07, 6.45) is 5.27. The van der Waals surface area contributed by atoms with Crippen LogP contribution in [0.4, 0.5) is 11.4 Å². The first-order chi connectivity index (χ1) is 19.0. The molecule has 1 saturated heterocycles. The van der Waals surface area contributed by atoms with Crippen molar-refractivity contribution < 1.29 is 8.42 Å². The maximum absolute atomic E-state index is 13.9. The highest BCUT2D eigenvalue weighted by molar-refractivity contribution is 7.92. The largest absolute Gasteiger partial charge is 0.370 e. The van der Waals surface area contributed by atoms with Crippen molar-refractivity contribution in [1.82, 2.24) is 14.9 Å². The number of nitrogens with one attached hydrogen (secondary N) is 1. The summed E-state index contributed by atoms with van der Waals surface area (Å²) in [4.78, 5) is 6.91. The lowest BCUT2D eigenvalue weighted by atomic mass is 10.1. The van der Waals surface area contributed by atoms with Gasteiger partial charge in [0.15, 0.2) is 0 Å². The van der Waals surface area contributed by atoms with Gasteiger partial charge in [-0.3, -0.25) is 4.31 Å². The van der Waals surface area contributed by atoms with Crippen molar-refractivity contribution in [2.24, 2.45) is 0 Å². The number of benzene rings is 3. The van der Waals surface area contributed by atoms with Crippen LogP contribution in [0, 0.1) is 11.3 Å². The molecule has 2 heterocycles. The van der Waals surface area contributed by atoms with Gasteiger partial charge in [-0.25, -0.2) is 13.4 Å². The van der Waals surface area contributed by atoms with Crippen LogP contribution >= 0.6 is 0 Å². The van der Waals surface area contributed by atoms with E-state index in [1.165, 1.54) is 4.31 Å². The van der Waals surface area contributed by atoms with E-state index in [4.69, 9.17) is 5.26 Å². The smallest absolute Gasteiger partial charge is 0.264 e. The summed E-state index contributed by atoms with van der Waals surface area (Å²) >= 11 is 0. The van der Waals surface area contributed by atoms with Crippen LogP contribution in [0.5, 0.6) is 0 Å². The summed E-state index contributed by atoms with van der Waals surface area (Å²) in [7, 11) is -3.83. The lowest BCUT2D eigenvalue weighted by molar-refractivity contribution is 0.587. The standard InChI is InChI=1S/C30H32N6O2S/c31-21-26-9-7-25(8-10-26)15-19-35-24-33-22-29(35)23-36(39(37,38)30-5-2-1-3-6-30)28-13-11-27(12-14-28)34-18-4-16-32-17-20-34/h1-3,5-14,22,24,32H,4,15-20,23H2. The first-order valence-corrected chi connectivity index (χ1v) is 14.6. The summed E-state index contributed by atoms with van der Waals surface area (Å²) in [6.45, 7) is 4.62. The molecule has 1 fully saturated rings. The summed E-state index contributed by atoms with van der Waals surface area (Å²) in [5.41, 5.74) is 4.22. The number of nitriles is 1. The molecule has 5 rings (SSSR count). The Morgan fingerprint density at radius 2 is 1.72 bits per heavy atom. The number of aromatic nitrogens is 2. The van der Waals surface area contributed by atoms with E-state index in [-0.39, 0.29) is 11.4 Å². The van der Waals surface area contributed by atoms with E-state index in [0.29, 0.717) is 17.8 Å². The second kappa shape index (κ2) is 12.2. The Labute approximate surface area is 230 Å². The fourth-order valence-electron chi connectivity index (χ4n) is 4.79. The third-order valence-corrected chi connectivity index (χ3v) is 8.79. The summed E-state index contributed by atoms with van der Waals surface area (Å²) in [6, 6.07) is 26.0. The molecule has 39 heavy (non-hydrogen) atoms. The van der Waals surface area contributed by atoms with Crippen LogP contribution in [0.2, 0.25) is 0 Å². The van der Waals surface area contributed by atoms with Crippen LogP contribution < -0.4 is 14.5 Å². The Hall–Kier alpha value is -4.13. The van der Waals surface area contributed by atoms with Crippen molar-refractivity contribution in [2.45, 2.75) is 30.8 Å². The van der Waals surface area contributed by atoms with E-state index < -0.39 is 10.0 Å². The zero-order valence-electron chi connectivity index (χ0n) is 21.8. The Kier molecular flexibility index (Phi) is 8.25. The van der Waals surface area contributed by atoms with Gasteiger partial charge in [0.05, 0.1) is 40.8 Å². The molecular weight excluding hydrogens is 508 g/mol. The minimum absolute atomic E-state index is 0.150. The van der Waals surface area contributed by atoms with Gasteiger partial charge in [0.25, 0.3) is 10.0 Å². The number of sulfonamides is 1. The molecule has 9 heteroatoms. The van der Waals surface area contributed by atoms with Crippen molar-refractivity contribution in [3.8, 4) is 6.07 Å². The van der Waals surface area contributed by atoms with E-state index in [0.717, 1.165) is 56.0 Å². The number of anilines is 2. The average molecular weight is 541 g/mol. The molecule has 1 aliphatic rings. The second-order valence-corrected chi connectivity index (χ2v) is 11.4. The average Bonchev–Trinajstić information content (AvgIpc) is 3.25. The lowest BCUT2D eigenvalue weighted by Gasteiger charge is -2.27. The van der Waals surface area contributed by atoms with Gasteiger partial charge in [0.2, 0.25) is 0 Å². The number of hydrogen-bond acceptors (Lipinski definition) is 6. The number of rotatable bonds is 9. The van der Waals surface area contributed by atoms with Gasteiger partial charge in [0.1, 0.15) is 0 Å². The molecule has 0 saturated carbocycles. The van der Waals surface area contributed by atoms with Gasteiger partial charge in [0, 0.05) is 38.1 Å². The number of nitrogens with zero attached hydrogens (tertiary/aromatic N) is 5. The molecule has 200 valence electrons. The van der Waals surface area contributed by atoms with Crippen LogP contribution in [-0.4, -0.2) is 44.1 Å². The Balaban J connectivity index is 1.41. The molecule has 4 aromatic rings. The van der Waals surface area contributed by atoms with Crippen molar-refractivity contribution in [3.63, 3.8) is 0 Å². The molecule has 0 radical (unpaired) electrons. The predicted molar refractivity (Wildman–Crippen MR) is 153 cm³/mol. The van der Waals surface area contributed by atoms with Gasteiger partial charge in [-0.1, -0.05) is 30.3 Å². The van der Waals surface area contributed by atoms with Crippen molar-refractivity contribution in [3.05, 3.63) is 108 Å². The molecule has 3 aromatic carbocycles. The SMILES string of the molecule is N#Cc1ccc(CCn2cncc2CN(c2ccc(N3CCCNCC3)cc2)S(=O)(=O)c2ccccc2)cc1. The zero-order valence-corrected chi connectivity index (χ0v) is 22.6.